The molecular formula is C24H28N2O4. The van der Waals surface area contributed by atoms with Crippen LogP contribution < -0.4 is 0 Å². The Bertz CT molecular complexity index is 771. The summed E-state index contributed by atoms with van der Waals surface area (Å²) in [5, 5.41) is 0. The molecular weight excluding hydrogens is 380 g/mol. The van der Waals surface area contributed by atoms with Crippen LogP contribution in [0.1, 0.15) is 36.2 Å². The maximum atomic E-state index is 12.7. The van der Waals surface area contributed by atoms with Gasteiger partial charge in [0.25, 0.3) is 0 Å². The lowest BCUT2D eigenvalue weighted by atomic mass is 10.1. The third-order valence-electron chi connectivity index (χ3n) is 5.73. The lowest BCUT2D eigenvalue weighted by Gasteiger charge is -2.34. The number of amides is 2. The molecule has 0 N–H and O–H groups in total. The Morgan fingerprint density at radius 2 is 1.10 bits per heavy atom. The van der Waals surface area contributed by atoms with Crippen molar-refractivity contribution >= 4 is 11.8 Å². The van der Waals surface area contributed by atoms with Crippen molar-refractivity contribution in [3.8, 4) is 0 Å². The monoisotopic (exact) mass is 408 g/mol. The van der Waals surface area contributed by atoms with Crippen LogP contribution >= 0.6 is 0 Å². The van der Waals surface area contributed by atoms with E-state index in [1.165, 1.54) is 0 Å². The van der Waals surface area contributed by atoms with Gasteiger partial charge in [-0.3, -0.25) is 9.59 Å². The van der Waals surface area contributed by atoms with E-state index in [1.807, 2.05) is 70.5 Å². The van der Waals surface area contributed by atoms with Crippen LogP contribution in [0.2, 0.25) is 0 Å². The highest BCUT2D eigenvalue weighted by Crippen LogP contribution is 2.24. The fraction of sp³-hybridized carbons (Fsp3) is 0.417. The lowest BCUT2D eigenvalue weighted by molar-refractivity contribution is -0.144. The highest BCUT2D eigenvalue weighted by Gasteiger charge is 2.28. The number of morpholine rings is 2. The molecule has 0 unspecified atom stereocenters. The minimum absolute atomic E-state index is 0.0143. The Hall–Kier alpha value is -2.70. The van der Waals surface area contributed by atoms with Crippen molar-refractivity contribution in [3.05, 3.63) is 71.8 Å². The van der Waals surface area contributed by atoms with Crippen LogP contribution in [0.5, 0.6) is 0 Å². The number of benzene rings is 2. The molecule has 158 valence electrons. The van der Waals surface area contributed by atoms with Crippen molar-refractivity contribution in [1.29, 1.82) is 0 Å². The third-order valence-corrected chi connectivity index (χ3v) is 5.73. The normalized spacial score (nSPS) is 22.0. The van der Waals surface area contributed by atoms with Crippen LogP contribution in [-0.2, 0) is 19.1 Å². The topological polar surface area (TPSA) is 59.1 Å². The number of hydrogen-bond donors (Lipinski definition) is 0. The van der Waals surface area contributed by atoms with Crippen molar-refractivity contribution in [2.75, 3.05) is 39.4 Å². The zero-order valence-corrected chi connectivity index (χ0v) is 17.1. The largest absolute Gasteiger partial charge is 0.370 e. The number of carbonyl (C=O) groups is 2. The first-order chi connectivity index (χ1) is 14.7. The summed E-state index contributed by atoms with van der Waals surface area (Å²) in [7, 11) is 0. The predicted molar refractivity (Wildman–Crippen MR) is 113 cm³/mol. The summed E-state index contributed by atoms with van der Waals surface area (Å²) in [6.07, 6.45) is 0.248. The molecule has 2 aromatic rings. The number of carbonyl (C=O) groups excluding carboxylic acids is 2. The quantitative estimate of drug-likeness (QED) is 0.763. The summed E-state index contributed by atoms with van der Waals surface area (Å²) in [4.78, 5) is 29.1. The van der Waals surface area contributed by atoms with Gasteiger partial charge in [0, 0.05) is 25.9 Å². The Kier molecular flexibility index (Phi) is 6.77. The van der Waals surface area contributed by atoms with Crippen LogP contribution in [0.25, 0.3) is 0 Å². The molecule has 2 fully saturated rings. The van der Waals surface area contributed by atoms with E-state index in [9.17, 15) is 9.59 Å². The molecule has 2 aromatic carbocycles. The SMILES string of the molecule is O=C(CCC(=O)N1CCO[C@H](c2ccccc2)C1)N1CCO[C@H](c2ccccc2)C1. The maximum absolute atomic E-state index is 12.7. The highest BCUT2D eigenvalue weighted by atomic mass is 16.5. The highest BCUT2D eigenvalue weighted by molar-refractivity contribution is 5.84. The molecule has 2 aliphatic heterocycles. The standard InChI is InChI=1S/C24H28N2O4/c27-23(25-13-15-29-21(17-25)19-7-3-1-4-8-19)11-12-24(28)26-14-16-30-22(18-26)20-9-5-2-6-10-20/h1-10,21-22H,11-18H2/t21-,22-/m0/s1. The van der Waals surface area contributed by atoms with Crippen LogP contribution in [0.15, 0.2) is 60.7 Å². The Morgan fingerprint density at radius 1 is 0.700 bits per heavy atom. The smallest absolute Gasteiger partial charge is 0.223 e. The van der Waals surface area contributed by atoms with Crippen LogP contribution in [0.3, 0.4) is 0 Å². The summed E-state index contributed by atoms with van der Waals surface area (Å²) < 4.78 is 11.7. The minimum atomic E-state index is -0.106. The van der Waals surface area contributed by atoms with E-state index >= 15 is 0 Å². The van der Waals surface area contributed by atoms with E-state index in [1.54, 1.807) is 0 Å². The first-order valence-electron chi connectivity index (χ1n) is 10.6. The fourth-order valence-electron chi connectivity index (χ4n) is 4.02. The van der Waals surface area contributed by atoms with Gasteiger partial charge in [-0.05, 0) is 11.1 Å². The molecule has 2 saturated heterocycles. The molecule has 0 aromatic heterocycles. The molecule has 30 heavy (non-hydrogen) atoms. The molecule has 2 amide bonds. The van der Waals surface area contributed by atoms with Gasteiger partial charge in [0.1, 0.15) is 12.2 Å². The molecule has 4 rings (SSSR count). The first kappa shape index (κ1) is 20.6. The third kappa shape index (κ3) is 5.07. The van der Waals surface area contributed by atoms with Crippen molar-refractivity contribution < 1.29 is 19.1 Å². The van der Waals surface area contributed by atoms with E-state index in [-0.39, 0.29) is 36.9 Å². The number of ether oxygens (including phenoxy) is 2. The van der Waals surface area contributed by atoms with Crippen LogP contribution in [-0.4, -0.2) is 61.0 Å². The first-order valence-corrected chi connectivity index (χ1v) is 10.6. The van der Waals surface area contributed by atoms with Gasteiger partial charge in [-0.15, -0.1) is 0 Å². The summed E-state index contributed by atoms with van der Waals surface area (Å²) >= 11 is 0. The second kappa shape index (κ2) is 9.87. The predicted octanol–water partition coefficient (Wildman–Crippen LogP) is 2.97. The Labute approximate surface area is 177 Å². The zero-order valence-electron chi connectivity index (χ0n) is 17.1. The van der Waals surface area contributed by atoms with Gasteiger partial charge in [0.15, 0.2) is 0 Å². The van der Waals surface area contributed by atoms with Crippen molar-refractivity contribution in [2.24, 2.45) is 0 Å². The molecule has 0 saturated carbocycles. The van der Waals surface area contributed by atoms with Crippen molar-refractivity contribution in [1.82, 2.24) is 9.80 Å². The second-order valence-electron chi connectivity index (χ2n) is 7.72. The molecule has 2 aliphatic rings. The van der Waals surface area contributed by atoms with Gasteiger partial charge in [-0.25, -0.2) is 0 Å². The molecule has 0 aliphatic carbocycles. The second-order valence-corrected chi connectivity index (χ2v) is 7.72. The van der Waals surface area contributed by atoms with Gasteiger partial charge in [-0.2, -0.15) is 0 Å². The van der Waals surface area contributed by atoms with E-state index in [4.69, 9.17) is 9.47 Å². The average Bonchev–Trinajstić information content (AvgIpc) is 2.83. The van der Waals surface area contributed by atoms with E-state index in [0.29, 0.717) is 39.4 Å². The summed E-state index contributed by atoms with van der Waals surface area (Å²) in [5.74, 6) is 0.0286. The number of hydrogen-bond acceptors (Lipinski definition) is 4. The fourth-order valence-corrected chi connectivity index (χ4v) is 4.02. The molecule has 6 heteroatoms. The van der Waals surface area contributed by atoms with E-state index in [0.717, 1.165) is 11.1 Å². The maximum Gasteiger partial charge on any atom is 0.223 e. The summed E-state index contributed by atoms with van der Waals surface area (Å²) in [6.45, 7) is 3.24. The van der Waals surface area contributed by atoms with Gasteiger partial charge in [0.05, 0.1) is 26.3 Å². The average molecular weight is 408 g/mol. The van der Waals surface area contributed by atoms with Crippen molar-refractivity contribution in [3.63, 3.8) is 0 Å². The van der Waals surface area contributed by atoms with Gasteiger partial charge in [-0.1, -0.05) is 60.7 Å². The van der Waals surface area contributed by atoms with E-state index < -0.39 is 0 Å². The van der Waals surface area contributed by atoms with Crippen LogP contribution in [0, 0.1) is 0 Å². The van der Waals surface area contributed by atoms with Gasteiger partial charge < -0.3 is 19.3 Å². The molecule has 2 heterocycles. The number of rotatable bonds is 5. The molecule has 0 radical (unpaired) electrons. The van der Waals surface area contributed by atoms with Crippen LogP contribution in [0.4, 0.5) is 0 Å². The zero-order chi connectivity index (χ0) is 20.8. The summed E-state index contributed by atoms with van der Waals surface area (Å²) in [6, 6.07) is 19.9. The van der Waals surface area contributed by atoms with Crippen molar-refractivity contribution in [2.45, 2.75) is 25.0 Å². The Balaban J connectivity index is 1.27. The number of nitrogens with zero attached hydrogens (tertiary/aromatic N) is 2. The van der Waals surface area contributed by atoms with E-state index in [2.05, 4.69) is 0 Å². The molecule has 2 atom stereocenters. The lowest BCUT2D eigenvalue weighted by Crippen LogP contribution is -2.44. The van der Waals surface area contributed by atoms with Gasteiger partial charge in [0.2, 0.25) is 11.8 Å². The molecule has 6 nitrogen and oxygen atoms in total. The molecule has 0 bridgehead atoms. The Morgan fingerprint density at radius 3 is 1.50 bits per heavy atom. The molecule has 0 spiro atoms. The minimum Gasteiger partial charge on any atom is -0.370 e. The van der Waals surface area contributed by atoms with Gasteiger partial charge >= 0.3 is 0 Å². The summed E-state index contributed by atoms with van der Waals surface area (Å²) in [5.41, 5.74) is 2.15.